The summed E-state index contributed by atoms with van der Waals surface area (Å²) < 4.78 is 6.44. The third-order valence-electron chi connectivity index (χ3n) is 2.07. The molecule has 5 nitrogen and oxygen atoms in total. The Balaban J connectivity index is 2.44. The van der Waals surface area contributed by atoms with Crippen LogP contribution in [-0.2, 0) is 0 Å². The highest BCUT2D eigenvalue weighted by atomic mass is 16.5. The number of anilines is 1. The second-order valence-corrected chi connectivity index (χ2v) is 3.20. The van der Waals surface area contributed by atoms with Crippen LogP contribution in [0.15, 0.2) is 24.3 Å². The molecule has 5 heteroatoms. The van der Waals surface area contributed by atoms with Gasteiger partial charge in [0.25, 0.3) is 0 Å². The van der Waals surface area contributed by atoms with Crippen LogP contribution in [0.25, 0.3) is 5.69 Å². The summed E-state index contributed by atoms with van der Waals surface area (Å²) in [5.41, 5.74) is 7.75. The van der Waals surface area contributed by atoms with Crippen molar-refractivity contribution < 1.29 is 4.74 Å². The van der Waals surface area contributed by atoms with Gasteiger partial charge >= 0.3 is 6.01 Å². The molecule has 1 heterocycles. The lowest BCUT2D eigenvalue weighted by molar-refractivity contribution is 0.380. The molecule has 0 atom stereocenters. The minimum atomic E-state index is 0.271. The number of hydrogen-bond donors (Lipinski definition) is 1. The van der Waals surface area contributed by atoms with Gasteiger partial charge in [-0.2, -0.15) is 9.67 Å². The molecule has 0 unspecified atom stereocenters. The fourth-order valence-electron chi connectivity index (χ4n) is 1.27. The highest BCUT2D eigenvalue weighted by Crippen LogP contribution is 2.14. The molecule has 1 aromatic carbocycles. The second kappa shape index (κ2) is 3.61. The summed E-state index contributed by atoms with van der Waals surface area (Å²) in [5, 5.41) is 4.09. The Bertz CT molecular complexity index is 461. The van der Waals surface area contributed by atoms with E-state index < -0.39 is 0 Å². The number of nitrogens with zero attached hydrogens (tertiary/aromatic N) is 3. The van der Waals surface area contributed by atoms with E-state index in [2.05, 4.69) is 10.1 Å². The van der Waals surface area contributed by atoms with Gasteiger partial charge in [-0.05, 0) is 19.1 Å². The molecule has 15 heavy (non-hydrogen) atoms. The molecule has 78 valence electrons. The van der Waals surface area contributed by atoms with Crippen molar-refractivity contribution in [3.8, 4) is 11.7 Å². The molecule has 0 fully saturated rings. The first-order valence-corrected chi connectivity index (χ1v) is 4.54. The van der Waals surface area contributed by atoms with Gasteiger partial charge in [-0.1, -0.05) is 17.7 Å². The van der Waals surface area contributed by atoms with Gasteiger partial charge in [0.15, 0.2) is 0 Å². The Hall–Kier alpha value is -2.04. The molecule has 0 bridgehead atoms. The molecule has 0 saturated heterocycles. The largest absolute Gasteiger partial charge is 0.466 e. The molecule has 0 aliphatic carbocycles. The maximum atomic E-state index is 5.70. The SMILES string of the molecule is COc1nc(N)n(-c2ccc(C)cc2)n1. The third kappa shape index (κ3) is 1.76. The van der Waals surface area contributed by atoms with E-state index in [1.165, 1.54) is 17.4 Å². The highest BCUT2D eigenvalue weighted by molar-refractivity contribution is 5.39. The number of ether oxygens (including phenoxy) is 1. The fourth-order valence-corrected chi connectivity index (χ4v) is 1.27. The molecule has 0 radical (unpaired) electrons. The van der Waals surface area contributed by atoms with Crippen molar-refractivity contribution in [1.82, 2.24) is 14.8 Å². The maximum absolute atomic E-state index is 5.70. The van der Waals surface area contributed by atoms with Crippen molar-refractivity contribution in [2.45, 2.75) is 6.92 Å². The van der Waals surface area contributed by atoms with Crippen LogP contribution >= 0.6 is 0 Å². The summed E-state index contributed by atoms with van der Waals surface area (Å²) in [6.45, 7) is 2.02. The van der Waals surface area contributed by atoms with Crippen LogP contribution < -0.4 is 10.5 Å². The van der Waals surface area contributed by atoms with E-state index >= 15 is 0 Å². The lowest BCUT2D eigenvalue weighted by atomic mass is 10.2. The van der Waals surface area contributed by atoms with Crippen molar-refractivity contribution in [3.63, 3.8) is 0 Å². The zero-order valence-corrected chi connectivity index (χ0v) is 8.64. The molecule has 2 aromatic rings. The fraction of sp³-hybridized carbons (Fsp3) is 0.200. The van der Waals surface area contributed by atoms with Crippen LogP contribution in [0.5, 0.6) is 6.01 Å². The third-order valence-corrected chi connectivity index (χ3v) is 2.07. The summed E-state index contributed by atoms with van der Waals surface area (Å²) in [6, 6.07) is 8.11. The molecule has 0 saturated carbocycles. The van der Waals surface area contributed by atoms with Crippen LogP contribution in [0.1, 0.15) is 5.56 Å². The summed E-state index contributed by atoms with van der Waals surface area (Å²) in [5.74, 6) is 0.315. The first kappa shape index (κ1) is 9.51. The van der Waals surface area contributed by atoms with E-state index in [9.17, 15) is 0 Å². The summed E-state index contributed by atoms with van der Waals surface area (Å²) in [4.78, 5) is 3.94. The van der Waals surface area contributed by atoms with E-state index in [1.807, 2.05) is 31.2 Å². The van der Waals surface area contributed by atoms with Gasteiger partial charge in [0.2, 0.25) is 5.95 Å². The molecule has 0 amide bonds. The molecule has 2 N–H and O–H groups in total. The topological polar surface area (TPSA) is 66.0 Å². The Morgan fingerprint density at radius 2 is 1.93 bits per heavy atom. The zero-order valence-electron chi connectivity index (χ0n) is 8.64. The number of hydrogen-bond acceptors (Lipinski definition) is 4. The van der Waals surface area contributed by atoms with Crippen molar-refractivity contribution in [1.29, 1.82) is 0 Å². The maximum Gasteiger partial charge on any atom is 0.337 e. The van der Waals surface area contributed by atoms with Crippen LogP contribution in [0.4, 0.5) is 5.95 Å². The van der Waals surface area contributed by atoms with Crippen LogP contribution in [0.2, 0.25) is 0 Å². The lowest BCUT2D eigenvalue weighted by Gasteiger charge is -2.01. The number of nitrogens with two attached hydrogens (primary N) is 1. The van der Waals surface area contributed by atoms with Crippen molar-refractivity contribution in [2.24, 2.45) is 0 Å². The van der Waals surface area contributed by atoms with Gasteiger partial charge in [0.05, 0.1) is 12.8 Å². The highest BCUT2D eigenvalue weighted by Gasteiger charge is 2.07. The molecule has 0 spiro atoms. The molecular weight excluding hydrogens is 192 g/mol. The first-order valence-electron chi connectivity index (χ1n) is 4.54. The van der Waals surface area contributed by atoms with Crippen LogP contribution in [0.3, 0.4) is 0 Å². The predicted octanol–water partition coefficient (Wildman–Crippen LogP) is 1.17. The normalized spacial score (nSPS) is 10.3. The Morgan fingerprint density at radius 1 is 1.27 bits per heavy atom. The first-order chi connectivity index (χ1) is 7.20. The van der Waals surface area contributed by atoms with Gasteiger partial charge in [-0.15, -0.1) is 5.10 Å². The predicted molar refractivity (Wildman–Crippen MR) is 57.1 cm³/mol. The summed E-state index contributed by atoms with van der Waals surface area (Å²) in [6.07, 6.45) is 0. The van der Waals surface area contributed by atoms with Crippen LogP contribution in [0, 0.1) is 6.92 Å². The number of rotatable bonds is 2. The van der Waals surface area contributed by atoms with E-state index in [0.717, 1.165) is 5.69 Å². The summed E-state index contributed by atoms with van der Waals surface area (Å²) >= 11 is 0. The number of nitrogen functional groups attached to an aromatic ring is 1. The van der Waals surface area contributed by atoms with Crippen molar-refractivity contribution in [2.75, 3.05) is 12.8 Å². The standard InChI is InChI=1S/C10H12N4O/c1-7-3-5-8(6-4-7)14-9(11)12-10(13-14)15-2/h3-6H,1-2H3,(H2,11,12,13). The average Bonchev–Trinajstić information content (AvgIpc) is 2.61. The number of benzene rings is 1. The molecule has 0 aliphatic heterocycles. The summed E-state index contributed by atoms with van der Waals surface area (Å²) in [7, 11) is 1.51. The average molecular weight is 204 g/mol. The van der Waals surface area contributed by atoms with Gasteiger partial charge < -0.3 is 10.5 Å². The Morgan fingerprint density at radius 3 is 2.47 bits per heavy atom. The quantitative estimate of drug-likeness (QED) is 0.797. The number of aryl methyl sites for hydroxylation is 1. The molecular formula is C10H12N4O. The Kier molecular flexibility index (Phi) is 2.29. The van der Waals surface area contributed by atoms with E-state index in [4.69, 9.17) is 10.5 Å². The van der Waals surface area contributed by atoms with E-state index in [-0.39, 0.29) is 6.01 Å². The van der Waals surface area contributed by atoms with Crippen molar-refractivity contribution in [3.05, 3.63) is 29.8 Å². The van der Waals surface area contributed by atoms with Gasteiger partial charge in [0.1, 0.15) is 0 Å². The van der Waals surface area contributed by atoms with E-state index in [1.54, 1.807) is 0 Å². The van der Waals surface area contributed by atoms with Gasteiger partial charge in [0, 0.05) is 0 Å². The monoisotopic (exact) mass is 204 g/mol. The van der Waals surface area contributed by atoms with Crippen LogP contribution in [-0.4, -0.2) is 21.9 Å². The minimum absolute atomic E-state index is 0.271. The van der Waals surface area contributed by atoms with E-state index in [0.29, 0.717) is 5.95 Å². The molecule has 1 aromatic heterocycles. The van der Waals surface area contributed by atoms with Gasteiger partial charge in [-0.25, -0.2) is 0 Å². The zero-order chi connectivity index (χ0) is 10.8. The lowest BCUT2D eigenvalue weighted by Crippen LogP contribution is -2.02. The Labute approximate surface area is 87.5 Å². The number of aromatic nitrogens is 3. The molecule has 0 aliphatic rings. The van der Waals surface area contributed by atoms with Crippen molar-refractivity contribution >= 4 is 5.95 Å². The second-order valence-electron chi connectivity index (χ2n) is 3.20. The number of methoxy groups -OCH3 is 1. The smallest absolute Gasteiger partial charge is 0.337 e. The minimum Gasteiger partial charge on any atom is -0.466 e. The molecule has 2 rings (SSSR count). The van der Waals surface area contributed by atoms with Gasteiger partial charge in [-0.3, -0.25) is 0 Å².